The van der Waals surface area contributed by atoms with Crippen molar-refractivity contribution in [2.45, 2.75) is 58.3 Å². The van der Waals surface area contributed by atoms with Gasteiger partial charge in [-0.2, -0.15) is 0 Å². The second-order valence-electron chi connectivity index (χ2n) is 5.36. The minimum atomic E-state index is 0.149. The smallest absolute Gasteiger partial charge is 0.220 e. The summed E-state index contributed by atoms with van der Waals surface area (Å²) in [5.74, 6) is 0.149. The highest BCUT2D eigenvalue weighted by Crippen LogP contribution is 2.08. The third-order valence-electron chi connectivity index (χ3n) is 3.47. The van der Waals surface area contributed by atoms with Gasteiger partial charge in [0.1, 0.15) is 0 Å². The second-order valence-corrected chi connectivity index (χ2v) is 5.36. The average molecular weight is 276 g/mol. The zero-order valence-electron chi connectivity index (χ0n) is 12.7. The van der Waals surface area contributed by atoms with E-state index in [0.29, 0.717) is 6.42 Å². The van der Waals surface area contributed by atoms with Gasteiger partial charge in [-0.3, -0.25) is 4.79 Å². The topological polar surface area (TPSA) is 55.1 Å². The Bertz CT molecular complexity index is 373. The first kappa shape index (κ1) is 16.5. The largest absolute Gasteiger partial charge is 0.399 e. The van der Waals surface area contributed by atoms with Crippen molar-refractivity contribution in [3.8, 4) is 0 Å². The summed E-state index contributed by atoms with van der Waals surface area (Å²) in [6.07, 6.45) is 8.87. The van der Waals surface area contributed by atoms with Crippen molar-refractivity contribution in [1.82, 2.24) is 5.32 Å². The molecule has 3 nitrogen and oxygen atoms in total. The van der Waals surface area contributed by atoms with Crippen molar-refractivity contribution in [3.63, 3.8) is 0 Å². The van der Waals surface area contributed by atoms with Crippen molar-refractivity contribution in [1.29, 1.82) is 0 Å². The predicted molar refractivity (Wildman–Crippen MR) is 85.6 cm³/mol. The van der Waals surface area contributed by atoms with Gasteiger partial charge < -0.3 is 11.1 Å². The standard InChI is InChI=1S/C17H28N2O/c1-2-3-4-5-6-7-14-19-17(20)13-10-15-8-11-16(18)12-9-15/h8-9,11-12H,2-7,10,13-14,18H2,1H3,(H,19,20). The van der Waals surface area contributed by atoms with E-state index >= 15 is 0 Å². The van der Waals surface area contributed by atoms with Crippen LogP contribution in [0.25, 0.3) is 0 Å². The van der Waals surface area contributed by atoms with Crippen LogP contribution in [0.4, 0.5) is 5.69 Å². The Kier molecular flexibility index (Phi) is 8.52. The number of amides is 1. The van der Waals surface area contributed by atoms with Crippen LogP contribution in [0, 0.1) is 0 Å². The Morgan fingerprint density at radius 3 is 2.40 bits per heavy atom. The molecule has 0 atom stereocenters. The van der Waals surface area contributed by atoms with Crippen molar-refractivity contribution >= 4 is 11.6 Å². The van der Waals surface area contributed by atoms with E-state index in [2.05, 4.69) is 12.2 Å². The number of unbranched alkanes of at least 4 members (excludes halogenated alkanes) is 5. The van der Waals surface area contributed by atoms with Gasteiger partial charge in [0.2, 0.25) is 5.91 Å². The number of nitrogens with two attached hydrogens (primary N) is 1. The SMILES string of the molecule is CCCCCCCCNC(=O)CCc1ccc(N)cc1. The van der Waals surface area contributed by atoms with Gasteiger partial charge in [0.25, 0.3) is 0 Å². The minimum Gasteiger partial charge on any atom is -0.399 e. The van der Waals surface area contributed by atoms with E-state index in [0.717, 1.165) is 30.6 Å². The zero-order chi connectivity index (χ0) is 14.6. The predicted octanol–water partition coefficient (Wildman–Crippen LogP) is 3.68. The maximum absolute atomic E-state index is 11.7. The number of nitrogen functional groups attached to an aromatic ring is 1. The Labute approximate surface area is 122 Å². The van der Waals surface area contributed by atoms with Crippen molar-refractivity contribution in [2.24, 2.45) is 0 Å². The third-order valence-corrected chi connectivity index (χ3v) is 3.47. The molecule has 0 spiro atoms. The third kappa shape index (κ3) is 7.82. The molecule has 0 unspecified atom stereocenters. The van der Waals surface area contributed by atoms with Crippen LogP contribution < -0.4 is 11.1 Å². The van der Waals surface area contributed by atoms with Crippen LogP contribution in [0.3, 0.4) is 0 Å². The first-order valence-corrected chi connectivity index (χ1v) is 7.83. The summed E-state index contributed by atoms with van der Waals surface area (Å²) in [5, 5.41) is 2.99. The highest BCUT2D eigenvalue weighted by Gasteiger charge is 2.01. The lowest BCUT2D eigenvalue weighted by atomic mass is 10.1. The molecule has 0 aliphatic carbocycles. The molecule has 1 amide bonds. The van der Waals surface area contributed by atoms with Gasteiger partial charge in [0.15, 0.2) is 0 Å². The van der Waals surface area contributed by atoms with Crippen LogP contribution in [0.2, 0.25) is 0 Å². The van der Waals surface area contributed by atoms with E-state index in [4.69, 9.17) is 5.73 Å². The molecule has 0 aliphatic rings. The highest BCUT2D eigenvalue weighted by molar-refractivity contribution is 5.76. The lowest BCUT2D eigenvalue weighted by Crippen LogP contribution is -2.24. The maximum Gasteiger partial charge on any atom is 0.220 e. The molecular formula is C17H28N2O. The summed E-state index contributed by atoms with van der Waals surface area (Å²) in [6.45, 7) is 3.04. The van der Waals surface area contributed by atoms with Crippen LogP contribution in [0.5, 0.6) is 0 Å². The molecule has 0 saturated heterocycles. The number of rotatable bonds is 10. The van der Waals surface area contributed by atoms with E-state index in [1.165, 1.54) is 32.1 Å². The molecule has 0 radical (unpaired) electrons. The quantitative estimate of drug-likeness (QED) is 0.506. The van der Waals surface area contributed by atoms with Gasteiger partial charge in [-0.15, -0.1) is 0 Å². The maximum atomic E-state index is 11.7. The van der Waals surface area contributed by atoms with Crippen LogP contribution >= 0.6 is 0 Å². The Balaban J connectivity index is 2.01. The van der Waals surface area contributed by atoms with Gasteiger partial charge in [-0.1, -0.05) is 51.2 Å². The summed E-state index contributed by atoms with van der Waals surface area (Å²) in [7, 11) is 0. The van der Waals surface area contributed by atoms with Gasteiger partial charge in [0.05, 0.1) is 0 Å². The molecule has 0 aliphatic heterocycles. The summed E-state index contributed by atoms with van der Waals surface area (Å²) < 4.78 is 0. The summed E-state index contributed by atoms with van der Waals surface area (Å²) in [6, 6.07) is 7.72. The number of nitrogens with one attached hydrogen (secondary N) is 1. The fourth-order valence-corrected chi connectivity index (χ4v) is 2.16. The fourth-order valence-electron chi connectivity index (χ4n) is 2.16. The number of hydrogen-bond acceptors (Lipinski definition) is 2. The lowest BCUT2D eigenvalue weighted by molar-refractivity contribution is -0.121. The number of benzene rings is 1. The molecule has 1 aromatic carbocycles. The Morgan fingerprint density at radius 1 is 1.05 bits per heavy atom. The second kappa shape index (κ2) is 10.3. The first-order valence-electron chi connectivity index (χ1n) is 7.83. The van der Waals surface area contributed by atoms with Crippen LogP contribution in [-0.4, -0.2) is 12.5 Å². The molecule has 3 N–H and O–H groups in total. The zero-order valence-corrected chi connectivity index (χ0v) is 12.7. The number of carbonyl (C=O) groups is 1. The first-order chi connectivity index (χ1) is 9.72. The fraction of sp³-hybridized carbons (Fsp3) is 0.588. The van der Waals surface area contributed by atoms with Crippen LogP contribution in [0.15, 0.2) is 24.3 Å². The highest BCUT2D eigenvalue weighted by atomic mass is 16.1. The molecule has 0 aromatic heterocycles. The van der Waals surface area contributed by atoms with E-state index in [1.807, 2.05) is 24.3 Å². The Hall–Kier alpha value is -1.51. The van der Waals surface area contributed by atoms with Crippen LogP contribution in [-0.2, 0) is 11.2 Å². The molecule has 1 aromatic rings. The van der Waals surface area contributed by atoms with E-state index in [9.17, 15) is 4.79 Å². The normalized spacial score (nSPS) is 10.4. The van der Waals surface area contributed by atoms with Gasteiger partial charge in [-0.25, -0.2) is 0 Å². The molecule has 1 rings (SSSR count). The monoisotopic (exact) mass is 276 g/mol. The molecule has 3 heteroatoms. The van der Waals surface area contributed by atoms with Gasteiger partial charge in [0, 0.05) is 18.7 Å². The lowest BCUT2D eigenvalue weighted by Gasteiger charge is -2.05. The van der Waals surface area contributed by atoms with E-state index in [1.54, 1.807) is 0 Å². The molecule has 0 fully saturated rings. The van der Waals surface area contributed by atoms with Crippen molar-refractivity contribution in [2.75, 3.05) is 12.3 Å². The summed E-state index contributed by atoms with van der Waals surface area (Å²) >= 11 is 0. The van der Waals surface area contributed by atoms with Crippen LogP contribution in [0.1, 0.15) is 57.4 Å². The average Bonchev–Trinajstić information content (AvgIpc) is 2.46. The van der Waals surface area contributed by atoms with Crippen molar-refractivity contribution in [3.05, 3.63) is 29.8 Å². The van der Waals surface area contributed by atoms with Gasteiger partial charge in [-0.05, 0) is 30.5 Å². The molecule has 0 bridgehead atoms. The number of aryl methyl sites for hydroxylation is 1. The van der Waals surface area contributed by atoms with E-state index in [-0.39, 0.29) is 5.91 Å². The molecule has 0 heterocycles. The minimum absolute atomic E-state index is 0.149. The van der Waals surface area contributed by atoms with E-state index < -0.39 is 0 Å². The number of anilines is 1. The number of hydrogen-bond donors (Lipinski definition) is 2. The molecule has 0 saturated carbocycles. The summed E-state index contributed by atoms with van der Waals surface area (Å²) in [4.78, 5) is 11.7. The molecular weight excluding hydrogens is 248 g/mol. The molecule has 112 valence electrons. The van der Waals surface area contributed by atoms with Crippen molar-refractivity contribution < 1.29 is 4.79 Å². The summed E-state index contributed by atoms with van der Waals surface area (Å²) in [5.41, 5.74) is 7.55. The number of carbonyl (C=O) groups excluding carboxylic acids is 1. The Morgan fingerprint density at radius 2 is 1.70 bits per heavy atom. The molecule has 20 heavy (non-hydrogen) atoms. The van der Waals surface area contributed by atoms with Gasteiger partial charge >= 0.3 is 0 Å².